The molecule has 0 spiro atoms. The molecule has 0 unspecified atom stereocenters. The molecular formula is C16H23NO4S. The van der Waals surface area contributed by atoms with Crippen molar-refractivity contribution >= 4 is 10.0 Å². The zero-order chi connectivity index (χ0) is 15.7. The second kappa shape index (κ2) is 6.18. The van der Waals surface area contributed by atoms with Gasteiger partial charge in [0.25, 0.3) is 0 Å². The number of hydrogen-bond acceptors (Lipinski definition) is 4. The minimum Gasteiger partial charge on any atom is -0.495 e. The number of nitrogens with zero attached hydrogens (tertiary/aromatic N) is 1. The molecule has 2 fully saturated rings. The number of benzene rings is 1. The lowest BCUT2D eigenvalue weighted by atomic mass is 9.91. The van der Waals surface area contributed by atoms with Crippen molar-refractivity contribution in [1.82, 2.24) is 4.31 Å². The van der Waals surface area contributed by atoms with Gasteiger partial charge in [-0.05, 0) is 37.5 Å². The molecule has 1 aliphatic heterocycles. The van der Waals surface area contributed by atoms with E-state index in [1.54, 1.807) is 16.4 Å². The standard InChI is InChI=1S/C16H23NO4S/c1-12-7-8-15(20-2)16(11-12)22(18,19)17-9-10-21-14-6-4-3-5-13(14)17/h7-8,11,13-14H,3-6,9-10H2,1-2H3/t13-,14+/m0/s1. The van der Waals surface area contributed by atoms with E-state index >= 15 is 0 Å². The van der Waals surface area contributed by atoms with Crippen molar-refractivity contribution in [2.24, 2.45) is 0 Å². The predicted octanol–water partition coefficient (Wildman–Crippen LogP) is 2.34. The molecule has 5 nitrogen and oxygen atoms in total. The number of morpholine rings is 1. The summed E-state index contributed by atoms with van der Waals surface area (Å²) in [5.74, 6) is 0.407. The molecule has 0 radical (unpaired) electrons. The molecule has 3 rings (SSSR count). The Balaban J connectivity index is 2.00. The van der Waals surface area contributed by atoms with Crippen LogP contribution in [0.15, 0.2) is 23.1 Å². The van der Waals surface area contributed by atoms with Gasteiger partial charge in [0, 0.05) is 6.54 Å². The summed E-state index contributed by atoms with van der Waals surface area (Å²) in [5.41, 5.74) is 0.910. The van der Waals surface area contributed by atoms with E-state index in [4.69, 9.17) is 9.47 Å². The van der Waals surface area contributed by atoms with Gasteiger partial charge in [-0.25, -0.2) is 8.42 Å². The Kier molecular flexibility index (Phi) is 4.43. The first-order valence-electron chi connectivity index (χ1n) is 7.82. The molecule has 0 bridgehead atoms. The number of methoxy groups -OCH3 is 1. The summed E-state index contributed by atoms with van der Waals surface area (Å²) < 4.78 is 39.0. The highest BCUT2D eigenvalue weighted by Crippen LogP contribution is 2.35. The highest BCUT2D eigenvalue weighted by atomic mass is 32.2. The quantitative estimate of drug-likeness (QED) is 0.856. The molecule has 1 saturated heterocycles. The third-order valence-electron chi connectivity index (χ3n) is 4.59. The Morgan fingerprint density at radius 3 is 2.82 bits per heavy atom. The van der Waals surface area contributed by atoms with E-state index < -0.39 is 10.0 Å². The minimum absolute atomic E-state index is 0.0353. The van der Waals surface area contributed by atoms with E-state index in [0.717, 1.165) is 31.2 Å². The zero-order valence-corrected chi connectivity index (χ0v) is 13.9. The maximum atomic E-state index is 13.2. The van der Waals surface area contributed by atoms with Gasteiger partial charge in [-0.2, -0.15) is 4.31 Å². The van der Waals surface area contributed by atoms with Crippen LogP contribution in [0.4, 0.5) is 0 Å². The Labute approximate surface area is 132 Å². The van der Waals surface area contributed by atoms with Crippen LogP contribution >= 0.6 is 0 Å². The summed E-state index contributed by atoms with van der Waals surface area (Å²) in [6.07, 6.45) is 4.03. The molecule has 0 N–H and O–H groups in total. The van der Waals surface area contributed by atoms with Crippen molar-refractivity contribution in [3.63, 3.8) is 0 Å². The summed E-state index contributed by atoms with van der Waals surface area (Å²) >= 11 is 0. The Bertz CT molecular complexity index is 642. The topological polar surface area (TPSA) is 55.8 Å². The summed E-state index contributed by atoms with van der Waals surface area (Å²) in [6.45, 7) is 2.77. The largest absolute Gasteiger partial charge is 0.495 e. The van der Waals surface area contributed by atoms with Gasteiger partial charge in [-0.3, -0.25) is 0 Å². The van der Waals surface area contributed by atoms with Crippen molar-refractivity contribution in [2.45, 2.75) is 49.6 Å². The van der Waals surface area contributed by atoms with Gasteiger partial charge in [-0.15, -0.1) is 0 Å². The minimum atomic E-state index is -3.57. The summed E-state index contributed by atoms with van der Waals surface area (Å²) in [7, 11) is -2.06. The average molecular weight is 325 g/mol. The van der Waals surface area contributed by atoms with Crippen molar-refractivity contribution in [1.29, 1.82) is 0 Å². The smallest absolute Gasteiger partial charge is 0.247 e. The van der Waals surface area contributed by atoms with Crippen LogP contribution in [-0.2, 0) is 14.8 Å². The van der Waals surface area contributed by atoms with E-state index in [1.165, 1.54) is 7.11 Å². The number of fused-ring (bicyclic) bond motifs is 1. The van der Waals surface area contributed by atoms with E-state index in [9.17, 15) is 8.42 Å². The summed E-state index contributed by atoms with van der Waals surface area (Å²) in [6, 6.07) is 5.24. The van der Waals surface area contributed by atoms with Crippen LogP contribution in [0.2, 0.25) is 0 Å². The molecule has 0 amide bonds. The van der Waals surface area contributed by atoms with E-state index in [-0.39, 0.29) is 17.0 Å². The highest BCUT2D eigenvalue weighted by molar-refractivity contribution is 7.89. The van der Waals surface area contributed by atoms with Crippen LogP contribution < -0.4 is 4.74 Å². The fourth-order valence-corrected chi connectivity index (χ4v) is 5.38. The number of aryl methyl sites for hydroxylation is 1. The van der Waals surface area contributed by atoms with Crippen molar-refractivity contribution in [3.8, 4) is 5.75 Å². The van der Waals surface area contributed by atoms with E-state index in [1.807, 2.05) is 13.0 Å². The van der Waals surface area contributed by atoms with Crippen LogP contribution in [-0.4, -0.2) is 45.1 Å². The van der Waals surface area contributed by atoms with Crippen molar-refractivity contribution in [3.05, 3.63) is 23.8 Å². The summed E-state index contributed by atoms with van der Waals surface area (Å²) in [5, 5.41) is 0. The fourth-order valence-electron chi connectivity index (χ4n) is 3.47. The van der Waals surface area contributed by atoms with Crippen LogP contribution in [0.5, 0.6) is 5.75 Å². The van der Waals surface area contributed by atoms with Crippen LogP contribution in [0, 0.1) is 6.92 Å². The third-order valence-corrected chi connectivity index (χ3v) is 6.53. The lowest BCUT2D eigenvalue weighted by Gasteiger charge is -2.42. The van der Waals surface area contributed by atoms with Gasteiger partial charge in [0.15, 0.2) is 0 Å². The van der Waals surface area contributed by atoms with Gasteiger partial charge in [0.2, 0.25) is 10.0 Å². The van der Waals surface area contributed by atoms with Crippen LogP contribution in [0.1, 0.15) is 31.2 Å². The Morgan fingerprint density at radius 1 is 1.27 bits per heavy atom. The maximum absolute atomic E-state index is 13.2. The lowest BCUT2D eigenvalue weighted by Crippen LogP contribution is -2.54. The molecule has 22 heavy (non-hydrogen) atoms. The first kappa shape index (κ1) is 15.8. The maximum Gasteiger partial charge on any atom is 0.247 e. The molecule has 1 aliphatic carbocycles. The molecule has 0 aromatic heterocycles. The average Bonchev–Trinajstić information content (AvgIpc) is 2.54. The highest BCUT2D eigenvalue weighted by Gasteiger charge is 2.41. The fraction of sp³-hybridized carbons (Fsp3) is 0.625. The number of ether oxygens (including phenoxy) is 2. The van der Waals surface area contributed by atoms with Gasteiger partial charge in [0.05, 0.1) is 25.9 Å². The molecule has 6 heteroatoms. The molecular weight excluding hydrogens is 302 g/mol. The first-order chi connectivity index (χ1) is 10.5. The van der Waals surface area contributed by atoms with Crippen molar-refractivity contribution in [2.75, 3.05) is 20.3 Å². The Hall–Kier alpha value is -1.11. The van der Waals surface area contributed by atoms with Gasteiger partial charge in [0.1, 0.15) is 10.6 Å². The monoisotopic (exact) mass is 325 g/mol. The SMILES string of the molecule is COc1ccc(C)cc1S(=O)(=O)N1CCO[C@@H]2CCCC[C@@H]21. The lowest BCUT2D eigenvalue weighted by molar-refractivity contribution is -0.0586. The third kappa shape index (κ3) is 2.75. The number of rotatable bonds is 3. The normalized spacial score (nSPS) is 26.5. The molecule has 2 aliphatic rings. The Morgan fingerprint density at radius 2 is 2.05 bits per heavy atom. The van der Waals surface area contributed by atoms with Gasteiger partial charge < -0.3 is 9.47 Å². The van der Waals surface area contributed by atoms with Gasteiger partial charge >= 0.3 is 0 Å². The van der Waals surface area contributed by atoms with Crippen LogP contribution in [0.3, 0.4) is 0 Å². The van der Waals surface area contributed by atoms with Gasteiger partial charge in [-0.1, -0.05) is 18.9 Å². The number of hydrogen-bond donors (Lipinski definition) is 0. The summed E-state index contributed by atoms with van der Waals surface area (Å²) in [4.78, 5) is 0.265. The molecule has 1 saturated carbocycles. The molecule has 1 heterocycles. The molecule has 122 valence electrons. The second-order valence-corrected chi connectivity index (χ2v) is 7.89. The molecule has 1 aromatic carbocycles. The second-order valence-electron chi connectivity index (χ2n) is 6.03. The number of sulfonamides is 1. The van der Waals surface area contributed by atoms with Crippen LogP contribution in [0.25, 0.3) is 0 Å². The van der Waals surface area contributed by atoms with Crippen molar-refractivity contribution < 1.29 is 17.9 Å². The molecule has 2 atom stereocenters. The zero-order valence-electron chi connectivity index (χ0n) is 13.1. The predicted molar refractivity (Wildman–Crippen MR) is 83.6 cm³/mol. The van der Waals surface area contributed by atoms with E-state index in [2.05, 4.69) is 0 Å². The first-order valence-corrected chi connectivity index (χ1v) is 9.26. The molecule has 1 aromatic rings. The van der Waals surface area contributed by atoms with E-state index in [0.29, 0.717) is 18.9 Å².